The van der Waals surface area contributed by atoms with E-state index in [0.29, 0.717) is 6.54 Å². The van der Waals surface area contributed by atoms with Crippen molar-refractivity contribution in [3.8, 4) is 0 Å². The van der Waals surface area contributed by atoms with E-state index in [1.165, 1.54) is 18.2 Å². The molecule has 0 saturated carbocycles. The fourth-order valence-electron chi connectivity index (χ4n) is 2.21. The molecule has 4 heteroatoms. The zero-order valence-electron chi connectivity index (χ0n) is 9.01. The molecule has 1 heterocycles. The van der Waals surface area contributed by atoms with Gasteiger partial charge in [-0.1, -0.05) is 15.9 Å². The lowest BCUT2D eigenvalue weighted by Gasteiger charge is -2.26. The van der Waals surface area contributed by atoms with Gasteiger partial charge in [-0.05, 0) is 48.8 Å². The van der Waals surface area contributed by atoms with Gasteiger partial charge in [-0.15, -0.1) is 0 Å². The SMILES string of the molecule is NCC1(Cc2cc(F)cc(Br)c2)CCCS1. The Bertz CT molecular complexity index is 357. The molecule has 0 aromatic heterocycles. The molecule has 0 amide bonds. The van der Waals surface area contributed by atoms with Crippen LogP contribution in [0, 0.1) is 5.82 Å². The Morgan fingerprint density at radius 3 is 2.81 bits per heavy atom. The van der Waals surface area contributed by atoms with Crippen LogP contribution in [0.15, 0.2) is 22.7 Å². The average molecular weight is 304 g/mol. The van der Waals surface area contributed by atoms with Crippen molar-refractivity contribution in [1.29, 1.82) is 0 Å². The second-order valence-electron chi connectivity index (χ2n) is 4.29. The summed E-state index contributed by atoms with van der Waals surface area (Å²) in [4.78, 5) is 0. The Kier molecular flexibility index (Phi) is 3.93. The minimum Gasteiger partial charge on any atom is -0.329 e. The number of hydrogen-bond donors (Lipinski definition) is 1. The van der Waals surface area contributed by atoms with Crippen LogP contribution in [0.2, 0.25) is 0 Å². The van der Waals surface area contributed by atoms with Gasteiger partial charge in [-0.3, -0.25) is 0 Å². The molecular formula is C12H15BrFNS. The molecule has 1 aromatic rings. The Morgan fingerprint density at radius 1 is 1.44 bits per heavy atom. The van der Waals surface area contributed by atoms with Crippen molar-refractivity contribution in [1.82, 2.24) is 0 Å². The lowest BCUT2D eigenvalue weighted by molar-refractivity contribution is 0.560. The Balaban J connectivity index is 2.18. The van der Waals surface area contributed by atoms with Crippen molar-refractivity contribution in [3.05, 3.63) is 34.1 Å². The Labute approximate surface area is 108 Å². The summed E-state index contributed by atoms with van der Waals surface area (Å²) in [5.41, 5.74) is 6.90. The number of nitrogens with two attached hydrogens (primary N) is 1. The normalized spacial score (nSPS) is 24.9. The summed E-state index contributed by atoms with van der Waals surface area (Å²) >= 11 is 5.26. The fourth-order valence-corrected chi connectivity index (χ4v) is 4.12. The summed E-state index contributed by atoms with van der Waals surface area (Å²) in [7, 11) is 0. The molecule has 1 saturated heterocycles. The predicted octanol–water partition coefficient (Wildman–Crippen LogP) is 3.36. The van der Waals surface area contributed by atoms with Gasteiger partial charge < -0.3 is 5.73 Å². The summed E-state index contributed by atoms with van der Waals surface area (Å²) in [6, 6.07) is 5.08. The van der Waals surface area contributed by atoms with Crippen LogP contribution in [0.3, 0.4) is 0 Å². The third-order valence-corrected chi connectivity index (χ3v) is 5.08. The first-order valence-electron chi connectivity index (χ1n) is 5.43. The Hall–Kier alpha value is -0.0600. The van der Waals surface area contributed by atoms with Crippen LogP contribution in [0.5, 0.6) is 0 Å². The van der Waals surface area contributed by atoms with Gasteiger partial charge in [-0.2, -0.15) is 11.8 Å². The third-order valence-electron chi connectivity index (χ3n) is 3.01. The van der Waals surface area contributed by atoms with Crippen molar-refractivity contribution >= 4 is 27.7 Å². The standard InChI is InChI=1S/C12H15BrFNS/c13-10-4-9(5-11(14)6-10)7-12(8-15)2-1-3-16-12/h4-6H,1-3,7-8,15H2. The second kappa shape index (κ2) is 5.07. The van der Waals surface area contributed by atoms with E-state index in [1.54, 1.807) is 6.07 Å². The van der Waals surface area contributed by atoms with E-state index >= 15 is 0 Å². The maximum absolute atomic E-state index is 13.3. The molecule has 1 unspecified atom stereocenters. The molecule has 2 rings (SSSR count). The largest absolute Gasteiger partial charge is 0.329 e. The molecule has 16 heavy (non-hydrogen) atoms. The van der Waals surface area contributed by atoms with Gasteiger partial charge in [0.25, 0.3) is 0 Å². The molecule has 0 aliphatic carbocycles. The molecule has 2 N–H and O–H groups in total. The van der Waals surface area contributed by atoms with E-state index in [1.807, 2.05) is 17.8 Å². The van der Waals surface area contributed by atoms with Gasteiger partial charge in [0.15, 0.2) is 0 Å². The van der Waals surface area contributed by atoms with Crippen LogP contribution in [0.1, 0.15) is 18.4 Å². The summed E-state index contributed by atoms with van der Waals surface area (Å²) in [6.07, 6.45) is 3.23. The number of thioether (sulfide) groups is 1. The monoisotopic (exact) mass is 303 g/mol. The number of halogens is 2. The zero-order chi connectivity index (χ0) is 11.6. The molecule has 0 radical (unpaired) electrons. The molecule has 1 fully saturated rings. The summed E-state index contributed by atoms with van der Waals surface area (Å²) in [5, 5.41) is 0. The highest BCUT2D eigenvalue weighted by molar-refractivity contribution is 9.10. The molecule has 1 atom stereocenters. The fraction of sp³-hybridized carbons (Fsp3) is 0.500. The smallest absolute Gasteiger partial charge is 0.124 e. The molecular weight excluding hydrogens is 289 g/mol. The molecule has 88 valence electrons. The van der Waals surface area contributed by atoms with Gasteiger partial charge in [0.2, 0.25) is 0 Å². The minimum atomic E-state index is -0.181. The van der Waals surface area contributed by atoms with E-state index in [9.17, 15) is 4.39 Å². The topological polar surface area (TPSA) is 26.0 Å². The van der Waals surface area contributed by atoms with Crippen molar-refractivity contribution in [3.63, 3.8) is 0 Å². The van der Waals surface area contributed by atoms with Gasteiger partial charge in [0.1, 0.15) is 5.82 Å². The quantitative estimate of drug-likeness (QED) is 0.926. The van der Waals surface area contributed by atoms with Crippen LogP contribution < -0.4 is 5.73 Å². The van der Waals surface area contributed by atoms with Gasteiger partial charge in [-0.25, -0.2) is 4.39 Å². The van der Waals surface area contributed by atoms with E-state index in [0.717, 1.165) is 22.9 Å². The number of rotatable bonds is 3. The van der Waals surface area contributed by atoms with Crippen molar-refractivity contribution in [2.75, 3.05) is 12.3 Å². The second-order valence-corrected chi connectivity index (χ2v) is 6.77. The van der Waals surface area contributed by atoms with Crippen LogP contribution in [0.25, 0.3) is 0 Å². The molecule has 1 nitrogen and oxygen atoms in total. The van der Waals surface area contributed by atoms with Crippen molar-refractivity contribution in [2.24, 2.45) is 5.73 Å². The van der Waals surface area contributed by atoms with Crippen LogP contribution in [-0.4, -0.2) is 17.0 Å². The molecule has 1 aromatic carbocycles. The molecule has 0 bridgehead atoms. The lowest BCUT2D eigenvalue weighted by Crippen LogP contribution is -2.34. The Morgan fingerprint density at radius 2 is 2.25 bits per heavy atom. The number of benzene rings is 1. The van der Waals surface area contributed by atoms with Crippen LogP contribution in [0.4, 0.5) is 4.39 Å². The maximum atomic E-state index is 13.3. The lowest BCUT2D eigenvalue weighted by atomic mass is 9.94. The first-order valence-corrected chi connectivity index (χ1v) is 7.20. The van der Waals surface area contributed by atoms with E-state index < -0.39 is 0 Å². The summed E-state index contributed by atoms with van der Waals surface area (Å²) < 4.78 is 14.2. The van der Waals surface area contributed by atoms with E-state index in [2.05, 4.69) is 15.9 Å². The predicted molar refractivity (Wildman–Crippen MR) is 71.3 cm³/mol. The molecule has 1 aliphatic heterocycles. The number of hydrogen-bond acceptors (Lipinski definition) is 2. The first kappa shape index (κ1) is 12.4. The van der Waals surface area contributed by atoms with Crippen LogP contribution in [-0.2, 0) is 6.42 Å². The highest BCUT2D eigenvalue weighted by Gasteiger charge is 2.33. The average Bonchev–Trinajstić information content (AvgIpc) is 2.65. The maximum Gasteiger partial charge on any atom is 0.124 e. The minimum absolute atomic E-state index is 0.132. The summed E-state index contributed by atoms with van der Waals surface area (Å²) in [5.74, 6) is 0.993. The third kappa shape index (κ3) is 2.79. The zero-order valence-corrected chi connectivity index (χ0v) is 11.4. The van der Waals surface area contributed by atoms with E-state index in [4.69, 9.17) is 5.73 Å². The van der Waals surface area contributed by atoms with Crippen molar-refractivity contribution in [2.45, 2.75) is 24.0 Å². The molecule has 1 aliphatic rings. The highest BCUT2D eigenvalue weighted by atomic mass is 79.9. The molecule has 0 spiro atoms. The summed E-state index contributed by atoms with van der Waals surface area (Å²) in [6.45, 7) is 0.672. The highest BCUT2D eigenvalue weighted by Crippen LogP contribution is 2.40. The van der Waals surface area contributed by atoms with E-state index in [-0.39, 0.29) is 10.6 Å². The van der Waals surface area contributed by atoms with Gasteiger partial charge in [0.05, 0.1) is 0 Å². The van der Waals surface area contributed by atoms with Crippen molar-refractivity contribution < 1.29 is 4.39 Å². The first-order chi connectivity index (χ1) is 7.63. The van der Waals surface area contributed by atoms with Gasteiger partial charge >= 0.3 is 0 Å². The van der Waals surface area contributed by atoms with Gasteiger partial charge in [0, 0.05) is 15.8 Å². The van der Waals surface area contributed by atoms with Crippen LogP contribution >= 0.6 is 27.7 Å².